The van der Waals surface area contributed by atoms with E-state index >= 15 is 0 Å². The Labute approximate surface area is 126 Å². The zero-order chi connectivity index (χ0) is 14.3. The highest BCUT2D eigenvalue weighted by atomic mass is 79.9. The molecule has 0 atom stereocenters. The average Bonchev–Trinajstić information content (AvgIpc) is 2.66. The van der Waals surface area contributed by atoms with E-state index in [0.29, 0.717) is 15.7 Å². The maximum absolute atomic E-state index is 13.2. The molecule has 1 heterocycles. The van der Waals surface area contributed by atoms with Gasteiger partial charge in [0.2, 0.25) is 0 Å². The van der Waals surface area contributed by atoms with Crippen LogP contribution in [0, 0.1) is 5.82 Å². The van der Waals surface area contributed by atoms with Crippen LogP contribution in [0.3, 0.4) is 0 Å². The number of anilines is 1. The summed E-state index contributed by atoms with van der Waals surface area (Å²) in [6.45, 7) is 0. The Balaban J connectivity index is 1.98. The second kappa shape index (κ2) is 5.03. The highest BCUT2D eigenvalue weighted by Gasteiger charge is 2.29. The van der Waals surface area contributed by atoms with Gasteiger partial charge in [-0.2, -0.15) is 0 Å². The first-order valence-electron chi connectivity index (χ1n) is 5.67. The van der Waals surface area contributed by atoms with Crippen molar-refractivity contribution in [1.82, 2.24) is 0 Å². The van der Waals surface area contributed by atoms with E-state index in [4.69, 9.17) is 0 Å². The minimum absolute atomic E-state index is 0.309. The summed E-state index contributed by atoms with van der Waals surface area (Å²) >= 11 is 4.71. The van der Waals surface area contributed by atoms with Gasteiger partial charge in [-0.25, -0.2) is 4.39 Å². The van der Waals surface area contributed by atoms with Gasteiger partial charge in [0, 0.05) is 14.3 Å². The molecule has 1 amide bonds. The molecular formula is C14H7BrFNO2S. The highest BCUT2D eigenvalue weighted by Crippen LogP contribution is 2.38. The fourth-order valence-electron chi connectivity index (χ4n) is 1.88. The minimum Gasteiger partial charge on any atom is -0.318 e. The van der Waals surface area contributed by atoms with Crippen LogP contribution >= 0.6 is 27.7 Å². The first-order valence-corrected chi connectivity index (χ1v) is 7.28. The lowest BCUT2D eigenvalue weighted by Crippen LogP contribution is -2.12. The molecule has 100 valence electrons. The Hall–Kier alpha value is -1.66. The number of nitrogens with one attached hydrogen (secondary N) is 1. The SMILES string of the molecule is O=C1Nc2cc(Sc3cccc(F)c3)c(Br)cc2C1=O. The van der Waals surface area contributed by atoms with Crippen molar-refractivity contribution in [3.8, 4) is 0 Å². The summed E-state index contributed by atoms with van der Waals surface area (Å²) in [5.41, 5.74) is 0.840. The van der Waals surface area contributed by atoms with E-state index in [2.05, 4.69) is 21.2 Å². The van der Waals surface area contributed by atoms with Gasteiger partial charge < -0.3 is 5.32 Å². The summed E-state index contributed by atoms with van der Waals surface area (Å²) < 4.78 is 13.9. The largest absolute Gasteiger partial charge is 0.318 e. The standard InChI is InChI=1S/C14H7BrFNO2S/c15-10-5-9-11(17-14(19)13(9)18)6-12(10)20-8-3-1-2-7(16)4-8/h1-6H,(H,17,18,19). The number of benzene rings is 2. The van der Waals surface area contributed by atoms with Gasteiger partial charge in [-0.3, -0.25) is 9.59 Å². The maximum atomic E-state index is 13.2. The molecule has 2 aromatic carbocycles. The molecule has 0 saturated heterocycles. The van der Waals surface area contributed by atoms with Crippen LogP contribution in [0.1, 0.15) is 10.4 Å². The van der Waals surface area contributed by atoms with Crippen molar-refractivity contribution in [2.45, 2.75) is 9.79 Å². The summed E-state index contributed by atoms with van der Waals surface area (Å²) in [4.78, 5) is 24.4. The van der Waals surface area contributed by atoms with Gasteiger partial charge in [-0.1, -0.05) is 17.8 Å². The van der Waals surface area contributed by atoms with E-state index in [0.717, 1.165) is 9.79 Å². The van der Waals surface area contributed by atoms with E-state index in [1.807, 2.05) is 0 Å². The molecule has 0 aromatic heterocycles. The van der Waals surface area contributed by atoms with E-state index in [9.17, 15) is 14.0 Å². The van der Waals surface area contributed by atoms with E-state index in [-0.39, 0.29) is 5.82 Å². The number of carbonyl (C=O) groups is 2. The molecule has 1 aliphatic heterocycles. The van der Waals surface area contributed by atoms with Crippen LogP contribution in [-0.4, -0.2) is 11.7 Å². The molecule has 0 saturated carbocycles. The molecule has 3 nitrogen and oxygen atoms in total. The molecule has 0 fully saturated rings. The Morgan fingerprint density at radius 2 is 1.95 bits per heavy atom. The number of fused-ring (bicyclic) bond motifs is 1. The summed E-state index contributed by atoms with van der Waals surface area (Å²) in [7, 11) is 0. The average molecular weight is 352 g/mol. The van der Waals surface area contributed by atoms with Crippen molar-refractivity contribution in [1.29, 1.82) is 0 Å². The number of amides is 1. The Morgan fingerprint density at radius 1 is 1.15 bits per heavy atom. The second-order valence-electron chi connectivity index (χ2n) is 4.17. The monoisotopic (exact) mass is 351 g/mol. The van der Waals surface area contributed by atoms with Gasteiger partial charge in [-0.15, -0.1) is 0 Å². The van der Waals surface area contributed by atoms with Crippen molar-refractivity contribution in [3.05, 3.63) is 52.3 Å². The summed E-state index contributed by atoms with van der Waals surface area (Å²) in [5, 5.41) is 2.52. The molecule has 3 rings (SSSR count). The third kappa shape index (κ3) is 2.36. The fourth-order valence-corrected chi connectivity index (χ4v) is 3.37. The second-order valence-corrected chi connectivity index (χ2v) is 6.14. The predicted molar refractivity (Wildman–Crippen MR) is 77.6 cm³/mol. The van der Waals surface area contributed by atoms with E-state index < -0.39 is 11.7 Å². The van der Waals surface area contributed by atoms with Crippen LogP contribution in [0.2, 0.25) is 0 Å². The van der Waals surface area contributed by atoms with Gasteiger partial charge in [0.1, 0.15) is 5.82 Å². The normalized spacial score (nSPS) is 13.3. The molecule has 20 heavy (non-hydrogen) atoms. The molecule has 0 bridgehead atoms. The van der Waals surface area contributed by atoms with Gasteiger partial charge in [0.05, 0.1) is 11.3 Å². The maximum Gasteiger partial charge on any atom is 0.296 e. The van der Waals surface area contributed by atoms with Crippen LogP contribution in [0.15, 0.2) is 50.7 Å². The number of hydrogen-bond donors (Lipinski definition) is 1. The first kappa shape index (κ1) is 13.3. The summed E-state index contributed by atoms with van der Waals surface area (Å²) in [5.74, 6) is -1.47. The van der Waals surface area contributed by atoms with Crippen molar-refractivity contribution >= 4 is 45.1 Å². The lowest BCUT2D eigenvalue weighted by atomic mass is 10.1. The Kier molecular flexibility index (Phi) is 3.35. The van der Waals surface area contributed by atoms with Crippen molar-refractivity contribution in [2.24, 2.45) is 0 Å². The highest BCUT2D eigenvalue weighted by molar-refractivity contribution is 9.10. The van der Waals surface area contributed by atoms with Crippen LogP contribution in [0.5, 0.6) is 0 Å². The Bertz CT molecular complexity index is 748. The third-order valence-electron chi connectivity index (χ3n) is 2.79. The van der Waals surface area contributed by atoms with E-state index in [1.54, 1.807) is 24.3 Å². The lowest BCUT2D eigenvalue weighted by molar-refractivity contribution is -0.112. The number of halogens is 2. The number of hydrogen-bond acceptors (Lipinski definition) is 3. The van der Waals surface area contributed by atoms with Gasteiger partial charge >= 0.3 is 0 Å². The van der Waals surface area contributed by atoms with Crippen molar-refractivity contribution in [2.75, 3.05) is 5.32 Å². The molecular weight excluding hydrogens is 345 g/mol. The third-order valence-corrected chi connectivity index (χ3v) is 4.76. The number of Topliss-reactive ketones (excluding diaryl/α,β-unsaturated/α-hetero) is 1. The molecule has 0 aliphatic carbocycles. The molecule has 6 heteroatoms. The van der Waals surface area contributed by atoms with Gasteiger partial charge in [-0.05, 0) is 46.3 Å². The molecule has 0 spiro atoms. The molecule has 0 unspecified atom stereocenters. The molecule has 1 N–H and O–H groups in total. The van der Waals surface area contributed by atoms with Crippen LogP contribution < -0.4 is 5.32 Å². The zero-order valence-electron chi connectivity index (χ0n) is 9.94. The molecule has 0 radical (unpaired) electrons. The quantitative estimate of drug-likeness (QED) is 0.835. The van der Waals surface area contributed by atoms with E-state index in [1.165, 1.54) is 23.9 Å². The lowest BCUT2D eigenvalue weighted by Gasteiger charge is -2.07. The Morgan fingerprint density at radius 3 is 2.70 bits per heavy atom. The van der Waals surface area contributed by atoms with Crippen LogP contribution in [0.25, 0.3) is 0 Å². The van der Waals surface area contributed by atoms with Crippen molar-refractivity contribution in [3.63, 3.8) is 0 Å². The zero-order valence-corrected chi connectivity index (χ0v) is 12.3. The molecule has 1 aliphatic rings. The van der Waals surface area contributed by atoms with Gasteiger partial charge in [0.25, 0.3) is 11.7 Å². The fraction of sp³-hybridized carbons (Fsp3) is 0. The predicted octanol–water partition coefficient (Wildman–Crippen LogP) is 3.87. The number of rotatable bonds is 2. The first-order chi connectivity index (χ1) is 9.54. The van der Waals surface area contributed by atoms with Crippen LogP contribution in [-0.2, 0) is 4.79 Å². The van der Waals surface area contributed by atoms with Crippen molar-refractivity contribution < 1.29 is 14.0 Å². The number of carbonyl (C=O) groups excluding carboxylic acids is 2. The minimum atomic E-state index is -0.625. The van der Waals surface area contributed by atoms with Gasteiger partial charge in [0.15, 0.2) is 0 Å². The number of ketones is 1. The smallest absolute Gasteiger partial charge is 0.296 e. The molecule has 2 aromatic rings. The summed E-state index contributed by atoms with van der Waals surface area (Å²) in [6.07, 6.45) is 0. The van der Waals surface area contributed by atoms with Crippen LogP contribution in [0.4, 0.5) is 10.1 Å². The topological polar surface area (TPSA) is 46.2 Å². The summed E-state index contributed by atoms with van der Waals surface area (Å²) in [6, 6.07) is 9.53.